The molecule has 4 aromatic rings. The summed E-state index contributed by atoms with van der Waals surface area (Å²) in [6.45, 7) is 5.27. The summed E-state index contributed by atoms with van der Waals surface area (Å²) in [4.78, 5) is 20.4. The fourth-order valence-electron chi connectivity index (χ4n) is 6.13. The van der Waals surface area contributed by atoms with E-state index in [-0.39, 0.29) is 24.5 Å². The van der Waals surface area contributed by atoms with Gasteiger partial charge in [0, 0.05) is 41.7 Å². The summed E-state index contributed by atoms with van der Waals surface area (Å²) < 4.78 is 28.9. The summed E-state index contributed by atoms with van der Waals surface area (Å²) in [7, 11) is 1.50. The number of aryl methyl sites for hydroxylation is 1. The Hall–Kier alpha value is -4.10. The van der Waals surface area contributed by atoms with Crippen LogP contribution in [0.15, 0.2) is 36.7 Å². The highest BCUT2D eigenvalue weighted by Crippen LogP contribution is 2.37. The number of aromatic nitrogens is 5. The van der Waals surface area contributed by atoms with Crippen molar-refractivity contribution in [2.45, 2.75) is 64.3 Å². The molecule has 2 fully saturated rings. The number of piperidine rings is 1. The molecule has 2 aliphatic heterocycles. The van der Waals surface area contributed by atoms with Crippen LogP contribution in [0.3, 0.4) is 0 Å². The van der Waals surface area contributed by atoms with E-state index >= 15 is 4.39 Å². The number of nitriles is 1. The smallest absolute Gasteiger partial charge is 0.318 e. The zero-order valence-electron chi connectivity index (χ0n) is 22.3. The molecule has 5 heterocycles. The Bertz CT molecular complexity index is 1570. The van der Waals surface area contributed by atoms with Crippen molar-refractivity contribution in [3.8, 4) is 29.2 Å². The van der Waals surface area contributed by atoms with Crippen LogP contribution in [0.2, 0.25) is 0 Å². The normalized spacial score (nSPS) is 20.7. The van der Waals surface area contributed by atoms with Gasteiger partial charge in [-0.1, -0.05) is 13.0 Å². The third-order valence-electron chi connectivity index (χ3n) is 7.92. The maximum Gasteiger partial charge on any atom is 0.318 e. The standard InChI is InChI=1S/C29H30FN7O2/c1-4-36-21-6-7-22(36)11-24(10-21)39-23-8-5-19(25(30)12-23)16-37-27(20-9-18(13-31)14-32-15-20)34-26-17(2)33-29(38-3)35-28(26)37/h5,8-9,12,14-15,21-22,24H,4,6-7,10-11,16H2,1-3H3/t21-,22+,24?. The van der Waals surface area contributed by atoms with Gasteiger partial charge >= 0.3 is 6.01 Å². The number of nitrogens with zero attached hydrogens (tertiary/aromatic N) is 7. The molecule has 0 spiro atoms. The van der Waals surface area contributed by atoms with Gasteiger partial charge in [0.1, 0.15) is 35.1 Å². The second kappa shape index (κ2) is 10.2. The molecule has 2 saturated heterocycles. The van der Waals surface area contributed by atoms with E-state index in [2.05, 4.69) is 32.8 Å². The molecule has 3 atom stereocenters. The maximum absolute atomic E-state index is 15.5. The van der Waals surface area contributed by atoms with Crippen LogP contribution in [-0.4, -0.2) is 61.2 Å². The monoisotopic (exact) mass is 527 g/mol. The van der Waals surface area contributed by atoms with Crippen molar-refractivity contribution < 1.29 is 13.9 Å². The average Bonchev–Trinajstić information content (AvgIpc) is 3.43. The average molecular weight is 528 g/mol. The molecule has 0 amide bonds. The number of pyridine rings is 1. The summed E-state index contributed by atoms with van der Waals surface area (Å²) in [6, 6.07) is 10.2. The van der Waals surface area contributed by atoms with Gasteiger partial charge in [0.2, 0.25) is 0 Å². The van der Waals surface area contributed by atoms with Crippen molar-refractivity contribution in [2.75, 3.05) is 13.7 Å². The Morgan fingerprint density at radius 2 is 1.90 bits per heavy atom. The molecule has 1 aromatic carbocycles. The van der Waals surface area contributed by atoms with E-state index in [4.69, 9.17) is 14.5 Å². The number of methoxy groups -OCH3 is 1. The molecule has 0 N–H and O–H groups in total. The minimum absolute atomic E-state index is 0.104. The maximum atomic E-state index is 15.5. The topological polar surface area (TPSA) is 102 Å². The van der Waals surface area contributed by atoms with E-state index < -0.39 is 0 Å². The number of hydrogen-bond acceptors (Lipinski definition) is 8. The minimum atomic E-state index is -0.365. The van der Waals surface area contributed by atoms with Gasteiger partial charge in [0.25, 0.3) is 0 Å². The van der Waals surface area contributed by atoms with Crippen molar-refractivity contribution >= 4 is 11.2 Å². The highest BCUT2D eigenvalue weighted by atomic mass is 19.1. The van der Waals surface area contributed by atoms with Crippen LogP contribution >= 0.6 is 0 Å². The van der Waals surface area contributed by atoms with E-state index in [0.717, 1.165) is 19.4 Å². The van der Waals surface area contributed by atoms with Gasteiger partial charge in [0.15, 0.2) is 5.65 Å². The van der Waals surface area contributed by atoms with Gasteiger partial charge in [0.05, 0.1) is 24.9 Å². The Morgan fingerprint density at radius 1 is 1.10 bits per heavy atom. The first-order valence-electron chi connectivity index (χ1n) is 13.3. The quantitative estimate of drug-likeness (QED) is 0.342. The number of fused-ring (bicyclic) bond motifs is 3. The van der Waals surface area contributed by atoms with Crippen LogP contribution in [0.1, 0.15) is 49.4 Å². The van der Waals surface area contributed by atoms with Crippen LogP contribution < -0.4 is 9.47 Å². The molecule has 10 heteroatoms. The second-order valence-electron chi connectivity index (χ2n) is 10.2. The predicted octanol–water partition coefficient (Wildman–Crippen LogP) is 4.66. The van der Waals surface area contributed by atoms with Gasteiger partial charge in [-0.15, -0.1) is 0 Å². The van der Waals surface area contributed by atoms with Gasteiger partial charge in [-0.2, -0.15) is 15.2 Å². The molecule has 0 aliphatic carbocycles. The van der Waals surface area contributed by atoms with Crippen LogP contribution in [0, 0.1) is 24.1 Å². The molecule has 0 radical (unpaired) electrons. The number of halogens is 1. The van der Waals surface area contributed by atoms with Crippen molar-refractivity contribution in [3.05, 3.63) is 59.3 Å². The number of hydrogen-bond donors (Lipinski definition) is 0. The number of benzene rings is 1. The number of ether oxygens (including phenoxy) is 2. The third-order valence-corrected chi connectivity index (χ3v) is 7.92. The van der Waals surface area contributed by atoms with Gasteiger partial charge < -0.3 is 14.0 Å². The minimum Gasteiger partial charge on any atom is -0.490 e. The number of imidazole rings is 1. The van der Waals surface area contributed by atoms with E-state index in [1.54, 1.807) is 18.3 Å². The first-order chi connectivity index (χ1) is 19.0. The summed E-state index contributed by atoms with van der Waals surface area (Å²) in [5.41, 5.74) is 3.20. The molecule has 0 saturated carbocycles. The van der Waals surface area contributed by atoms with E-state index in [9.17, 15) is 5.26 Å². The van der Waals surface area contributed by atoms with Crippen molar-refractivity contribution in [3.63, 3.8) is 0 Å². The van der Waals surface area contributed by atoms with E-state index in [1.807, 2.05) is 17.6 Å². The highest BCUT2D eigenvalue weighted by Gasteiger charge is 2.40. The SMILES string of the molecule is CCN1[C@@H]2CC[C@H]1CC(Oc1ccc(Cn3c(-c4cncc(C#N)c4)nc4c(C)nc(OC)nc43)c(F)c1)C2. The zero-order valence-corrected chi connectivity index (χ0v) is 22.3. The highest BCUT2D eigenvalue weighted by molar-refractivity contribution is 5.79. The van der Waals surface area contributed by atoms with E-state index in [0.29, 0.717) is 57.2 Å². The third kappa shape index (κ3) is 4.68. The summed E-state index contributed by atoms with van der Waals surface area (Å²) in [5, 5.41) is 9.38. The molecule has 39 heavy (non-hydrogen) atoms. The molecule has 2 aliphatic rings. The molecular weight excluding hydrogens is 497 g/mol. The second-order valence-corrected chi connectivity index (χ2v) is 10.2. The fraction of sp³-hybridized carbons (Fsp3) is 0.414. The predicted molar refractivity (Wildman–Crippen MR) is 143 cm³/mol. The molecule has 6 rings (SSSR count). The molecule has 200 valence electrons. The van der Waals surface area contributed by atoms with Gasteiger partial charge in [-0.3, -0.25) is 9.88 Å². The van der Waals surface area contributed by atoms with Crippen molar-refractivity contribution in [1.82, 2.24) is 29.4 Å². The van der Waals surface area contributed by atoms with Crippen LogP contribution in [0.5, 0.6) is 11.8 Å². The number of rotatable bonds is 7. The lowest BCUT2D eigenvalue weighted by molar-refractivity contribution is 0.0528. The zero-order chi connectivity index (χ0) is 27.1. The molecule has 3 aromatic heterocycles. The Kier molecular flexibility index (Phi) is 6.61. The van der Waals surface area contributed by atoms with Gasteiger partial charge in [-0.25, -0.2) is 9.37 Å². The lowest BCUT2D eigenvalue weighted by Gasteiger charge is -2.38. The first-order valence-corrected chi connectivity index (χ1v) is 13.3. The molecule has 1 unspecified atom stereocenters. The first kappa shape index (κ1) is 25.2. The molecular formula is C29H30FN7O2. The summed E-state index contributed by atoms with van der Waals surface area (Å²) in [5.74, 6) is 0.695. The largest absolute Gasteiger partial charge is 0.490 e. The summed E-state index contributed by atoms with van der Waals surface area (Å²) >= 11 is 0. The summed E-state index contributed by atoms with van der Waals surface area (Å²) in [6.07, 6.45) is 7.61. The Morgan fingerprint density at radius 3 is 2.59 bits per heavy atom. The lowest BCUT2D eigenvalue weighted by Crippen LogP contribution is -2.46. The van der Waals surface area contributed by atoms with Crippen LogP contribution in [0.25, 0.3) is 22.6 Å². The van der Waals surface area contributed by atoms with Gasteiger partial charge in [-0.05, 0) is 51.3 Å². The Labute approximate surface area is 226 Å². The van der Waals surface area contributed by atoms with Crippen LogP contribution in [-0.2, 0) is 6.54 Å². The lowest BCUT2D eigenvalue weighted by atomic mass is 9.99. The van der Waals surface area contributed by atoms with Crippen molar-refractivity contribution in [2.24, 2.45) is 0 Å². The fourth-order valence-corrected chi connectivity index (χ4v) is 6.13. The Balaban J connectivity index is 1.32. The molecule has 9 nitrogen and oxygen atoms in total. The van der Waals surface area contributed by atoms with Crippen LogP contribution in [0.4, 0.5) is 4.39 Å². The van der Waals surface area contributed by atoms with Crippen molar-refractivity contribution in [1.29, 1.82) is 5.26 Å². The molecule has 2 bridgehead atoms. The van der Waals surface area contributed by atoms with E-state index in [1.165, 1.54) is 32.2 Å².